The second-order valence-corrected chi connectivity index (χ2v) is 4.68. The molecule has 0 aliphatic carbocycles. The summed E-state index contributed by atoms with van der Waals surface area (Å²) in [6, 6.07) is 6.17. The molecule has 0 spiro atoms. The summed E-state index contributed by atoms with van der Waals surface area (Å²) in [5.74, 6) is 0.00635. The molecule has 0 aliphatic rings. The molecule has 0 bridgehead atoms. The van der Waals surface area contributed by atoms with Crippen molar-refractivity contribution in [2.45, 2.75) is 6.54 Å². The van der Waals surface area contributed by atoms with Gasteiger partial charge in [0.1, 0.15) is 6.20 Å². The van der Waals surface area contributed by atoms with Gasteiger partial charge in [0.05, 0.1) is 6.61 Å². The SMILES string of the molecule is O=[N+]([O-])c1cn(CCO)c(-c2ccc(NS(=O)[O-])cc2)n1. The first-order valence-corrected chi connectivity index (χ1v) is 6.87. The van der Waals surface area contributed by atoms with Gasteiger partial charge in [0, 0.05) is 29.1 Å². The van der Waals surface area contributed by atoms with Crippen LogP contribution in [0.4, 0.5) is 11.5 Å². The third-order valence-corrected chi connectivity index (χ3v) is 3.04. The lowest BCUT2D eigenvalue weighted by atomic mass is 10.2. The lowest BCUT2D eigenvalue weighted by Crippen LogP contribution is -2.04. The van der Waals surface area contributed by atoms with E-state index in [1.165, 1.54) is 22.9 Å². The second kappa shape index (κ2) is 6.43. The van der Waals surface area contributed by atoms with E-state index in [1.54, 1.807) is 12.1 Å². The molecule has 0 aliphatic heterocycles. The van der Waals surface area contributed by atoms with E-state index < -0.39 is 16.2 Å². The van der Waals surface area contributed by atoms with Gasteiger partial charge in [-0.3, -0.25) is 4.21 Å². The highest BCUT2D eigenvalue weighted by Crippen LogP contribution is 2.23. The Morgan fingerprint density at radius 3 is 2.57 bits per heavy atom. The van der Waals surface area contributed by atoms with Crippen molar-refractivity contribution < 1.29 is 18.8 Å². The monoisotopic (exact) mass is 311 g/mol. The molecule has 1 aromatic carbocycles. The lowest BCUT2D eigenvalue weighted by Gasteiger charge is -2.08. The van der Waals surface area contributed by atoms with Crippen molar-refractivity contribution >= 4 is 22.8 Å². The summed E-state index contributed by atoms with van der Waals surface area (Å²) < 4.78 is 24.7. The summed E-state index contributed by atoms with van der Waals surface area (Å²) in [5, 5.41) is 19.8. The van der Waals surface area contributed by atoms with Gasteiger partial charge in [-0.2, -0.15) is 0 Å². The van der Waals surface area contributed by atoms with Crippen molar-refractivity contribution in [3.63, 3.8) is 0 Å². The molecule has 2 N–H and O–H groups in total. The number of hydrogen-bond donors (Lipinski definition) is 2. The second-order valence-electron chi connectivity index (χ2n) is 4.01. The Morgan fingerprint density at radius 1 is 1.38 bits per heavy atom. The van der Waals surface area contributed by atoms with Crippen molar-refractivity contribution in [1.82, 2.24) is 9.55 Å². The van der Waals surface area contributed by atoms with Gasteiger partial charge in [0.15, 0.2) is 0 Å². The highest BCUT2D eigenvalue weighted by molar-refractivity contribution is 7.80. The molecule has 2 aromatic rings. The van der Waals surface area contributed by atoms with Gasteiger partial charge >= 0.3 is 5.82 Å². The average molecular weight is 311 g/mol. The molecule has 0 saturated carbocycles. The zero-order valence-corrected chi connectivity index (χ0v) is 11.4. The van der Waals surface area contributed by atoms with Gasteiger partial charge in [-0.05, 0) is 34.2 Å². The molecule has 1 atom stereocenters. The van der Waals surface area contributed by atoms with Crippen molar-refractivity contribution in [1.29, 1.82) is 0 Å². The minimum Gasteiger partial charge on any atom is -0.755 e. The summed E-state index contributed by atoms with van der Waals surface area (Å²) in [5.41, 5.74) is 0.931. The Hall–Kier alpha value is -2.30. The molecular weight excluding hydrogens is 300 g/mol. The number of nitrogens with zero attached hydrogens (tertiary/aromatic N) is 3. The number of nitro groups is 1. The van der Waals surface area contributed by atoms with E-state index >= 15 is 0 Å². The van der Waals surface area contributed by atoms with Gasteiger partial charge in [0.25, 0.3) is 5.82 Å². The van der Waals surface area contributed by atoms with Gasteiger partial charge in [0.2, 0.25) is 0 Å². The highest BCUT2D eigenvalue weighted by Gasteiger charge is 2.19. The smallest absolute Gasteiger partial charge is 0.382 e. The largest absolute Gasteiger partial charge is 0.755 e. The van der Waals surface area contributed by atoms with Crippen LogP contribution in [0.5, 0.6) is 0 Å². The standard InChI is InChI=1S/C11H12N4O5S/c16-6-5-14-7-10(15(17)18)12-11(14)8-1-3-9(4-2-8)13-21(19)20/h1-4,7,13,16H,5-6H2,(H,19,20)/p-1. The van der Waals surface area contributed by atoms with Crippen molar-refractivity contribution in [3.8, 4) is 11.4 Å². The van der Waals surface area contributed by atoms with Crippen molar-refractivity contribution in [3.05, 3.63) is 40.6 Å². The van der Waals surface area contributed by atoms with E-state index in [1.807, 2.05) is 0 Å². The molecule has 21 heavy (non-hydrogen) atoms. The van der Waals surface area contributed by atoms with Crippen LogP contribution in [0.25, 0.3) is 11.4 Å². The van der Waals surface area contributed by atoms with Crippen LogP contribution in [0.2, 0.25) is 0 Å². The molecule has 10 heteroatoms. The Balaban J connectivity index is 2.35. The van der Waals surface area contributed by atoms with Crippen LogP contribution in [0, 0.1) is 10.1 Å². The number of hydrogen-bond acceptors (Lipinski definition) is 6. The Labute approximate surface area is 121 Å². The molecule has 0 saturated heterocycles. The maximum Gasteiger partial charge on any atom is 0.382 e. The number of benzene rings is 1. The predicted molar refractivity (Wildman–Crippen MR) is 73.9 cm³/mol. The van der Waals surface area contributed by atoms with E-state index in [-0.39, 0.29) is 19.0 Å². The summed E-state index contributed by atoms with van der Waals surface area (Å²) in [6.45, 7) is -0.0178. The third kappa shape index (κ3) is 3.62. The fraction of sp³-hybridized carbons (Fsp3) is 0.182. The minimum atomic E-state index is -2.42. The summed E-state index contributed by atoms with van der Waals surface area (Å²) in [7, 11) is 0. The molecule has 1 unspecified atom stereocenters. The average Bonchev–Trinajstić information content (AvgIpc) is 2.84. The van der Waals surface area contributed by atoms with E-state index in [0.717, 1.165) is 0 Å². The Bertz CT molecular complexity index is 670. The molecule has 0 amide bonds. The van der Waals surface area contributed by atoms with Crippen molar-refractivity contribution in [2.24, 2.45) is 0 Å². The van der Waals surface area contributed by atoms with E-state index in [9.17, 15) is 18.9 Å². The van der Waals surface area contributed by atoms with Crippen LogP contribution in [-0.2, 0) is 17.8 Å². The molecule has 0 fully saturated rings. The van der Waals surface area contributed by atoms with Crippen LogP contribution in [0.3, 0.4) is 0 Å². The van der Waals surface area contributed by atoms with Crippen LogP contribution >= 0.6 is 0 Å². The topological polar surface area (TPSA) is 133 Å². The van der Waals surface area contributed by atoms with Crippen LogP contribution in [0.1, 0.15) is 0 Å². The fourth-order valence-electron chi connectivity index (χ4n) is 1.78. The Morgan fingerprint density at radius 2 is 2.05 bits per heavy atom. The summed E-state index contributed by atoms with van der Waals surface area (Å²) >= 11 is -2.42. The first kappa shape index (κ1) is 15.1. The maximum absolute atomic E-state index is 10.8. The first-order chi connectivity index (χ1) is 10.0. The van der Waals surface area contributed by atoms with Gasteiger partial charge in [-0.15, -0.1) is 0 Å². The Kier molecular flexibility index (Phi) is 4.62. The van der Waals surface area contributed by atoms with Crippen molar-refractivity contribution in [2.75, 3.05) is 11.3 Å². The van der Waals surface area contributed by atoms with E-state index in [0.29, 0.717) is 17.1 Å². The highest BCUT2D eigenvalue weighted by atomic mass is 32.2. The molecular formula is C11H11N4O5S-. The number of aliphatic hydroxyl groups is 1. The van der Waals surface area contributed by atoms with Crippen LogP contribution in [0.15, 0.2) is 30.5 Å². The number of anilines is 1. The maximum atomic E-state index is 10.8. The summed E-state index contributed by atoms with van der Waals surface area (Å²) in [6.07, 6.45) is 1.24. The van der Waals surface area contributed by atoms with Gasteiger partial charge in [-0.1, -0.05) is 0 Å². The number of aliphatic hydroxyl groups excluding tert-OH is 1. The molecule has 2 rings (SSSR count). The van der Waals surface area contributed by atoms with Gasteiger partial charge in [-0.25, -0.2) is 0 Å². The molecule has 0 radical (unpaired) electrons. The number of nitrogens with one attached hydrogen (secondary N) is 1. The van der Waals surface area contributed by atoms with Crippen LogP contribution < -0.4 is 4.72 Å². The molecule has 1 aromatic heterocycles. The lowest BCUT2D eigenvalue weighted by molar-refractivity contribution is -0.389. The van der Waals surface area contributed by atoms with E-state index in [2.05, 4.69) is 9.71 Å². The molecule has 1 heterocycles. The number of imidazole rings is 1. The normalized spacial score (nSPS) is 12.1. The zero-order chi connectivity index (χ0) is 15.4. The third-order valence-electron chi connectivity index (χ3n) is 2.64. The predicted octanol–water partition coefficient (Wildman–Crippen LogP) is 0.657. The quantitative estimate of drug-likeness (QED) is 0.457. The molecule has 9 nitrogen and oxygen atoms in total. The minimum absolute atomic E-state index is 0.167. The first-order valence-electron chi connectivity index (χ1n) is 5.80. The number of aromatic nitrogens is 2. The summed E-state index contributed by atoms with van der Waals surface area (Å²) in [4.78, 5) is 14.0. The fourth-order valence-corrected chi connectivity index (χ4v) is 2.11. The molecule has 112 valence electrons. The zero-order valence-electron chi connectivity index (χ0n) is 10.6. The van der Waals surface area contributed by atoms with Crippen LogP contribution in [-0.4, -0.2) is 34.9 Å². The van der Waals surface area contributed by atoms with E-state index in [4.69, 9.17) is 5.11 Å². The number of rotatable bonds is 6. The van der Waals surface area contributed by atoms with Gasteiger partial charge < -0.3 is 29.1 Å².